The highest BCUT2D eigenvalue weighted by Gasteiger charge is 2.43. The number of hydrogen-bond donors (Lipinski definition) is 0. The normalized spacial score (nSPS) is 23.4. The molecule has 0 aromatic carbocycles. The Bertz CT molecular complexity index is 649. The molecule has 0 bridgehead atoms. The van der Waals surface area contributed by atoms with Gasteiger partial charge in [-0.25, -0.2) is 13.4 Å². The minimum Gasteiger partial charge on any atom is -0.473 e. The zero-order valence-corrected chi connectivity index (χ0v) is 11.7. The summed E-state index contributed by atoms with van der Waals surface area (Å²) in [6, 6.07) is 5.19. The largest absolute Gasteiger partial charge is 0.473 e. The summed E-state index contributed by atoms with van der Waals surface area (Å²) in [5.41, 5.74) is 0.482. The standard InChI is InChI=1S/C13H15N3O3S/c14-8-10-3-5-15-13(7-10)19-11-4-6-16(9-11)20(17,18)12-1-2-12/h3,5,7,11-12H,1-2,4,6,9H2. The summed E-state index contributed by atoms with van der Waals surface area (Å²) in [6.07, 6.45) is 3.53. The van der Waals surface area contributed by atoms with E-state index in [1.54, 1.807) is 12.1 Å². The van der Waals surface area contributed by atoms with Crippen molar-refractivity contribution < 1.29 is 13.2 Å². The van der Waals surface area contributed by atoms with E-state index in [2.05, 4.69) is 4.98 Å². The van der Waals surface area contributed by atoms with Crippen LogP contribution in [0.15, 0.2) is 18.3 Å². The van der Waals surface area contributed by atoms with Gasteiger partial charge in [-0.3, -0.25) is 0 Å². The van der Waals surface area contributed by atoms with Crippen LogP contribution < -0.4 is 4.74 Å². The second-order valence-electron chi connectivity index (χ2n) is 5.13. The van der Waals surface area contributed by atoms with Gasteiger partial charge < -0.3 is 4.74 Å². The van der Waals surface area contributed by atoms with Crippen molar-refractivity contribution in [3.8, 4) is 11.9 Å². The second-order valence-corrected chi connectivity index (χ2v) is 7.34. The first-order valence-corrected chi connectivity index (χ1v) is 8.11. The number of nitrogens with zero attached hydrogens (tertiary/aromatic N) is 3. The number of pyridine rings is 1. The van der Waals surface area contributed by atoms with E-state index >= 15 is 0 Å². The highest BCUT2D eigenvalue weighted by Crippen LogP contribution is 2.33. The molecular weight excluding hydrogens is 278 g/mol. The van der Waals surface area contributed by atoms with Crippen LogP contribution in [-0.4, -0.2) is 42.2 Å². The van der Waals surface area contributed by atoms with Crippen LogP contribution in [0, 0.1) is 11.3 Å². The highest BCUT2D eigenvalue weighted by atomic mass is 32.2. The quantitative estimate of drug-likeness (QED) is 0.823. The average molecular weight is 293 g/mol. The van der Waals surface area contributed by atoms with Crippen LogP contribution in [0.2, 0.25) is 0 Å². The van der Waals surface area contributed by atoms with Crippen LogP contribution in [-0.2, 0) is 10.0 Å². The van der Waals surface area contributed by atoms with Gasteiger partial charge in [0.1, 0.15) is 6.10 Å². The van der Waals surface area contributed by atoms with E-state index in [4.69, 9.17) is 10.00 Å². The first-order chi connectivity index (χ1) is 9.59. The molecule has 1 saturated carbocycles. The molecule has 0 amide bonds. The Kier molecular flexibility index (Phi) is 3.36. The molecule has 7 heteroatoms. The summed E-state index contributed by atoms with van der Waals surface area (Å²) < 4.78 is 31.4. The summed E-state index contributed by atoms with van der Waals surface area (Å²) in [6.45, 7) is 0.874. The Labute approximate surface area is 118 Å². The number of ether oxygens (including phenoxy) is 1. The minimum atomic E-state index is -3.12. The van der Waals surface area contributed by atoms with Crippen molar-refractivity contribution in [2.45, 2.75) is 30.6 Å². The van der Waals surface area contributed by atoms with Crippen molar-refractivity contribution in [2.75, 3.05) is 13.1 Å². The zero-order valence-electron chi connectivity index (χ0n) is 10.9. The molecule has 1 unspecified atom stereocenters. The molecule has 1 atom stereocenters. The van der Waals surface area contributed by atoms with Crippen molar-refractivity contribution in [1.82, 2.24) is 9.29 Å². The van der Waals surface area contributed by atoms with E-state index in [0.717, 1.165) is 12.8 Å². The third-order valence-electron chi connectivity index (χ3n) is 3.56. The van der Waals surface area contributed by atoms with Gasteiger partial charge >= 0.3 is 0 Å². The number of hydrogen-bond acceptors (Lipinski definition) is 5. The molecule has 0 radical (unpaired) electrons. The third kappa shape index (κ3) is 2.62. The first-order valence-electron chi connectivity index (χ1n) is 6.61. The molecule has 106 valence electrons. The molecule has 0 spiro atoms. The monoisotopic (exact) mass is 293 g/mol. The Morgan fingerprint density at radius 1 is 1.40 bits per heavy atom. The Morgan fingerprint density at radius 3 is 2.90 bits per heavy atom. The molecule has 1 saturated heterocycles. The maximum absolute atomic E-state index is 12.1. The van der Waals surface area contributed by atoms with Crippen LogP contribution in [0.25, 0.3) is 0 Å². The van der Waals surface area contributed by atoms with Crippen molar-refractivity contribution in [3.63, 3.8) is 0 Å². The van der Waals surface area contributed by atoms with E-state index in [1.807, 2.05) is 6.07 Å². The summed E-state index contributed by atoms with van der Waals surface area (Å²) >= 11 is 0. The topological polar surface area (TPSA) is 83.3 Å². The van der Waals surface area contributed by atoms with Crippen molar-refractivity contribution in [3.05, 3.63) is 23.9 Å². The summed E-state index contributed by atoms with van der Waals surface area (Å²) in [4.78, 5) is 4.04. The van der Waals surface area contributed by atoms with Crippen LogP contribution in [0.3, 0.4) is 0 Å². The van der Waals surface area contributed by atoms with Crippen LogP contribution in [0.5, 0.6) is 5.88 Å². The molecular formula is C13H15N3O3S. The molecule has 1 aliphatic heterocycles. The lowest BCUT2D eigenvalue weighted by Gasteiger charge is -2.16. The van der Waals surface area contributed by atoms with Gasteiger partial charge in [-0.15, -0.1) is 0 Å². The summed E-state index contributed by atoms with van der Waals surface area (Å²) in [7, 11) is -3.12. The highest BCUT2D eigenvalue weighted by molar-refractivity contribution is 7.90. The van der Waals surface area contributed by atoms with Gasteiger partial charge in [0.05, 0.1) is 23.4 Å². The fourth-order valence-electron chi connectivity index (χ4n) is 2.32. The number of rotatable bonds is 4. The van der Waals surface area contributed by atoms with Crippen molar-refractivity contribution >= 4 is 10.0 Å². The minimum absolute atomic E-state index is 0.179. The van der Waals surface area contributed by atoms with Crippen LogP contribution in [0.1, 0.15) is 24.8 Å². The molecule has 2 fully saturated rings. The van der Waals surface area contributed by atoms with E-state index < -0.39 is 10.0 Å². The third-order valence-corrected chi connectivity index (χ3v) is 5.93. The SMILES string of the molecule is N#Cc1ccnc(OC2CCN(S(=O)(=O)C3CC3)C2)c1. The van der Waals surface area contributed by atoms with E-state index in [9.17, 15) is 8.42 Å². The van der Waals surface area contributed by atoms with Gasteiger partial charge in [-0.05, 0) is 25.3 Å². The smallest absolute Gasteiger partial charge is 0.217 e. The molecule has 1 aromatic heterocycles. The second kappa shape index (κ2) is 5.04. The van der Waals surface area contributed by atoms with E-state index in [1.165, 1.54) is 10.5 Å². The van der Waals surface area contributed by atoms with Crippen LogP contribution >= 0.6 is 0 Å². The molecule has 20 heavy (non-hydrogen) atoms. The molecule has 2 heterocycles. The lowest BCUT2D eigenvalue weighted by atomic mass is 10.3. The Morgan fingerprint density at radius 2 is 2.20 bits per heavy atom. The molecule has 1 aromatic rings. The molecule has 0 N–H and O–H groups in total. The van der Waals surface area contributed by atoms with Gasteiger partial charge in [0, 0.05) is 18.8 Å². The van der Waals surface area contributed by atoms with Gasteiger partial charge in [0.25, 0.3) is 0 Å². The zero-order chi connectivity index (χ0) is 14.2. The lowest BCUT2D eigenvalue weighted by molar-refractivity contribution is 0.207. The maximum atomic E-state index is 12.1. The average Bonchev–Trinajstić information content (AvgIpc) is 3.20. The lowest BCUT2D eigenvalue weighted by Crippen LogP contribution is -2.33. The first kappa shape index (κ1) is 13.3. The molecule has 2 aliphatic rings. The van der Waals surface area contributed by atoms with Crippen molar-refractivity contribution in [2.24, 2.45) is 0 Å². The predicted octanol–water partition coefficient (Wildman–Crippen LogP) is 0.899. The predicted molar refractivity (Wildman–Crippen MR) is 71.5 cm³/mol. The fraction of sp³-hybridized carbons (Fsp3) is 0.538. The Hall–Kier alpha value is -1.65. The molecule has 6 nitrogen and oxygen atoms in total. The molecule has 3 rings (SSSR count). The fourth-order valence-corrected chi connectivity index (χ4v) is 4.20. The van der Waals surface area contributed by atoms with E-state index in [0.29, 0.717) is 31.0 Å². The van der Waals surface area contributed by atoms with Gasteiger partial charge in [-0.1, -0.05) is 0 Å². The van der Waals surface area contributed by atoms with Gasteiger partial charge in [0.2, 0.25) is 15.9 Å². The number of aromatic nitrogens is 1. The van der Waals surface area contributed by atoms with Gasteiger partial charge in [-0.2, -0.15) is 9.57 Å². The maximum Gasteiger partial charge on any atom is 0.217 e. The van der Waals surface area contributed by atoms with Gasteiger partial charge in [0.15, 0.2) is 0 Å². The van der Waals surface area contributed by atoms with Crippen LogP contribution in [0.4, 0.5) is 0 Å². The molecule has 1 aliphatic carbocycles. The summed E-state index contributed by atoms with van der Waals surface area (Å²) in [5, 5.41) is 8.64. The number of nitriles is 1. The van der Waals surface area contributed by atoms with E-state index in [-0.39, 0.29) is 11.4 Å². The Balaban J connectivity index is 1.64. The summed E-state index contributed by atoms with van der Waals surface area (Å²) in [5.74, 6) is 0.375. The van der Waals surface area contributed by atoms with Crippen molar-refractivity contribution in [1.29, 1.82) is 5.26 Å². The number of sulfonamides is 1.